The Labute approximate surface area is 78.2 Å². The molecular weight excluding hydrogens is 176 g/mol. The highest BCUT2D eigenvalue weighted by molar-refractivity contribution is 6.21. The first-order chi connectivity index (χ1) is 5.66. The van der Waals surface area contributed by atoms with E-state index in [0.717, 1.165) is 19.3 Å². The number of carbonyl (C=O) groups is 1. The zero-order valence-electron chi connectivity index (χ0n) is 7.55. The summed E-state index contributed by atoms with van der Waals surface area (Å²) >= 11 is 6.06. The predicted octanol–water partition coefficient (Wildman–Crippen LogP) is 2.20. The van der Waals surface area contributed by atoms with Crippen LogP contribution in [0, 0.1) is 11.8 Å². The van der Waals surface area contributed by atoms with Crippen molar-refractivity contribution in [1.29, 1.82) is 0 Å². The van der Waals surface area contributed by atoms with Crippen molar-refractivity contribution in [3.63, 3.8) is 0 Å². The van der Waals surface area contributed by atoms with Crippen molar-refractivity contribution >= 4 is 17.6 Å². The molecule has 0 saturated heterocycles. The van der Waals surface area contributed by atoms with Gasteiger partial charge < -0.3 is 4.74 Å². The number of alkyl halides is 1. The minimum atomic E-state index is -0.104. The van der Waals surface area contributed by atoms with Crippen LogP contribution in [-0.2, 0) is 9.53 Å². The SMILES string of the molecule is COC(=O)C1CCCC(Cl)C1C. The second kappa shape index (κ2) is 4.13. The molecule has 0 aromatic heterocycles. The van der Waals surface area contributed by atoms with E-state index in [1.165, 1.54) is 7.11 Å². The monoisotopic (exact) mass is 190 g/mol. The molecule has 0 heterocycles. The summed E-state index contributed by atoms with van der Waals surface area (Å²) < 4.78 is 4.71. The van der Waals surface area contributed by atoms with E-state index in [9.17, 15) is 4.79 Å². The summed E-state index contributed by atoms with van der Waals surface area (Å²) in [5, 5.41) is 0.142. The second-order valence-corrected chi connectivity index (χ2v) is 4.00. The molecule has 0 N–H and O–H groups in total. The van der Waals surface area contributed by atoms with Crippen LogP contribution in [0.4, 0.5) is 0 Å². The van der Waals surface area contributed by atoms with Gasteiger partial charge in [-0.25, -0.2) is 0 Å². The van der Waals surface area contributed by atoms with E-state index in [-0.39, 0.29) is 23.2 Å². The first-order valence-electron chi connectivity index (χ1n) is 4.38. The van der Waals surface area contributed by atoms with Gasteiger partial charge in [-0.15, -0.1) is 11.6 Å². The molecule has 0 amide bonds. The second-order valence-electron chi connectivity index (χ2n) is 3.44. The van der Waals surface area contributed by atoms with Crippen molar-refractivity contribution in [3.05, 3.63) is 0 Å². The summed E-state index contributed by atoms with van der Waals surface area (Å²) in [6.45, 7) is 2.03. The van der Waals surface area contributed by atoms with Crippen LogP contribution in [0.1, 0.15) is 26.2 Å². The number of halogens is 1. The summed E-state index contributed by atoms with van der Waals surface area (Å²) in [4.78, 5) is 11.2. The van der Waals surface area contributed by atoms with Crippen LogP contribution in [0.3, 0.4) is 0 Å². The van der Waals surface area contributed by atoms with Crippen molar-refractivity contribution in [1.82, 2.24) is 0 Å². The average Bonchev–Trinajstić information content (AvgIpc) is 2.08. The Morgan fingerprint density at radius 3 is 2.75 bits per heavy atom. The van der Waals surface area contributed by atoms with Crippen LogP contribution in [-0.4, -0.2) is 18.5 Å². The van der Waals surface area contributed by atoms with Gasteiger partial charge in [0.15, 0.2) is 0 Å². The summed E-state index contributed by atoms with van der Waals surface area (Å²) in [7, 11) is 1.44. The third kappa shape index (κ3) is 1.92. The molecule has 12 heavy (non-hydrogen) atoms. The Hall–Kier alpha value is -0.240. The van der Waals surface area contributed by atoms with Gasteiger partial charge in [0, 0.05) is 5.38 Å². The Bertz CT molecular complexity index is 170. The Morgan fingerprint density at radius 2 is 2.17 bits per heavy atom. The van der Waals surface area contributed by atoms with Gasteiger partial charge in [-0.1, -0.05) is 13.3 Å². The van der Waals surface area contributed by atoms with Crippen LogP contribution in [0.5, 0.6) is 0 Å². The number of hydrogen-bond acceptors (Lipinski definition) is 2. The van der Waals surface area contributed by atoms with Crippen LogP contribution in [0.25, 0.3) is 0 Å². The van der Waals surface area contributed by atoms with Crippen molar-refractivity contribution < 1.29 is 9.53 Å². The average molecular weight is 191 g/mol. The lowest BCUT2D eigenvalue weighted by atomic mass is 9.80. The molecular formula is C9H15ClO2. The number of hydrogen-bond donors (Lipinski definition) is 0. The molecule has 0 radical (unpaired) electrons. The lowest BCUT2D eigenvalue weighted by Crippen LogP contribution is -2.32. The molecule has 0 bridgehead atoms. The first kappa shape index (κ1) is 9.85. The summed E-state index contributed by atoms with van der Waals surface area (Å²) in [5.74, 6) is 0.173. The summed E-state index contributed by atoms with van der Waals surface area (Å²) in [6, 6.07) is 0. The maximum Gasteiger partial charge on any atom is 0.308 e. The predicted molar refractivity (Wildman–Crippen MR) is 48.2 cm³/mol. The van der Waals surface area contributed by atoms with Crippen LogP contribution in [0.2, 0.25) is 0 Å². The molecule has 1 aliphatic rings. The largest absolute Gasteiger partial charge is 0.469 e. The Balaban J connectivity index is 2.57. The molecule has 2 nitrogen and oxygen atoms in total. The molecule has 3 atom stereocenters. The fraction of sp³-hybridized carbons (Fsp3) is 0.889. The van der Waals surface area contributed by atoms with E-state index in [1.807, 2.05) is 6.92 Å². The smallest absolute Gasteiger partial charge is 0.308 e. The maximum atomic E-state index is 11.2. The molecule has 1 rings (SSSR count). The molecule has 1 aliphatic carbocycles. The van der Waals surface area contributed by atoms with Gasteiger partial charge in [-0.05, 0) is 18.8 Å². The van der Waals surface area contributed by atoms with E-state index in [4.69, 9.17) is 16.3 Å². The molecule has 70 valence electrons. The zero-order chi connectivity index (χ0) is 9.14. The normalized spacial score (nSPS) is 36.1. The molecule has 1 saturated carbocycles. The van der Waals surface area contributed by atoms with Crippen molar-refractivity contribution in [2.24, 2.45) is 11.8 Å². The van der Waals surface area contributed by atoms with Gasteiger partial charge in [0.05, 0.1) is 13.0 Å². The molecule has 0 aromatic rings. The molecule has 3 heteroatoms. The minimum absolute atomic E-state index is 0.0197. The topological polar surface area (TPSA) is 26.3 Å². The van der Waals surface area contributed by atoms with Gasteiger partial charge in [-0.3, -0.25) is 4.79 Å². The van der Waals surface area contributed by atoms with Crippen molar-refractivity contribution in [3.8, 4) is 0 Å². The lowest BCUT2D eigenvalue weighted by Gasteiger charge is -2.30. The standard InChI is InChI=1S/C9H15ClO2/c1-6-7(9(11)12-2)4-3-5-8(6)10/h6-8H,3-5H2,1-2H3. The first-order valence-corrected chi connectivity index (χ1v) is 4.82. The molecule has 0 aromatic carbocycles. The maximum absolute atomic E-state index is 11.2. The van der Waals surface area contributed by atoms with Crippen LogP contribution < -0.4 is 0 Å². The van der Waals surface area contributed by atoms with E-state index >= 15 is 0 Å². The third-order valence-corrected chi connectivity index (χ3v) is 3.32. The van der Waals surface area contributed by atoms with Gasteiger partial charge >= 0.3 is 5.97 Å². The van der Waals surface area contributed by atoms with Gasteiger partial charge in [-0.2, -0.15) is 0 Å². The van der Waals surface area contributed by atoms with E-state index in [2.05, 4.69) is 0 Å². The Morgan fingerprint density at radius 1 is 1.50 bits per heavy atom. The zero-order valence-corrected chi connectivity index (χ0v) is 8.30. The number of methoxy groups -OCH3 is 1. The molecule has 0 aliphatic heterocycles. The number of esters is 1. The fourth-order valence-corrected chi connectivity index (χ4v) is 2.12. The van der Waals surface area contributed by atoms with E-state index in [0.29, 0.717) is 0 Å². The summed E-state index contributed by atoms with van der Waals surface area (Å²) in [5.41, 5.74) is 0. The van der Waals surface area contributed by atoms with Crippen LogP contribution >= 0.6 is 11.6 Å². The highest BCUT2D eigenvalue weighted by atomic mass is 35.5. The highest BCUT2D eigenvalue weighted by Crippen LogP contribution is 2.33. The van der Waals surface area contributed by atoms with Crippen molar-refractivity contribution in [2.75, 3.05) is 7.11 Å². The fourth-order valence-electron chi connectivity index (χ4n) is 1.79. The Kier molecular flexibility index (Phi) is 3.39. The van der Waals surface area contributed by atoms with Gasteiger partial charge in [0.1, 0.15) is 0 Å². The van der Waals surface area contributed by atoms with E-state index in [1.54, 1.807) is 0 Å². The third-order valence-electron chi connectivity index (χ3n) is 2.70. The lowest BCUT2D eigenvalue weighted by molar-refractivity contribution is -0.148. The molecule has 1 fully saturated rings. The molecule has 0 spiro atoms. The highest BCUT2D eigenvalue weighted by Gasteiger charge is 2.33. The van der Waals surface area contributed by atoms with Crippen LogP contribution in [0.15, 0.2) is 0 Å². The summed E-state index contributed by atoms with van der Waals surface area (Å²) in [6.07, 6.45) is 2.99. The molecule has 3 unspecified atom stereocenters. The van der Waals surface area contributed by atoms with Crippen molar-refractivity contribution in [2.45, 2.75) is 31.6 Å². The van der Waals surface area contributed by atoms with Gasteiger partial charge in [0.2, 0.25) is 0 Å². The number of rotatable bonds is 1. The minimum Gasteiger partial charge on any atom is -0.469 e. The van der Waals surface area contributed by atoms with E-state index < -0.39 is 0 Å². The quantitative estimate of drug-likeness (QED) is 0.468. The number of ether oxygens (including phenoxy) is 1. The van der Waals surface area contributed by atoms with Gasteiger partial charge in [0.25, 0.3) is 0 Å². The number of carbonyl (C=O) groups excluding carboxylic acids is 1.